The molecule has 2 aromatic rings. The van der Waals surface area contributed by atoms with Gasteiger partial charge < -0.3 is 4.57 Å². The second-order valence-electron chi connectivity index (χ2n) is 7.03. The van der Waals surface area contributed by atoms with Crippen molar-refractivity contribution in [1.82, 2.24) is 13.7 Å². The number of hydrogen-bond acceptors (Lipinski definition) is 4. The third kappa shape index (κ3) is 2.62. The molecule has 7 heteroatoms. The van der Waals surface area contributed by atoms with Gasteiger partial charge in [-0.1, -0.05) is 0 Å². The maximum atomic E-state index is 12.8. The molecule has 26 heavy (non-hydrogen) atoms. The Morgan fingerprint density at radius 3 is 2.58 bits per heavy atom. The van der Waals surface area contributed by atoms with E-state index in [0.29, 0.717) is 24.2 Å². The average molecular weight is 354 g/mol. The molecule has 0 aromatic carbocycles. The molecule has 3 heterocycles. The predicted octanol–water partition coefficient (Wildman–Crippen LogP) is 1.71. The van der Waals surface area contributed by atoms with Gasteiger partial charge >= 0.3 is 5.69 Å². The van der Waals surface area contributed by atoms with Crippen LogP contribution in [-0.4, -0.2) is 19.5 Å². The number of rotatable bonds is 4. The van der Waals surface area contributed by atoms with Crippen molar-refractivity contribution < 1.29 is 4.79 Å². The first kappa shape index (κ1) is 17.9. The molecule has 0 bridgehead atoms. The summed E-state index contributed by atoms with van der Waals surface area (Å²) >= 11 is 0. The minimum atomic E-state index is -0.670. The van der Waals surface area contributed by atoms with E-state index in [2.05, 4.69) is 0 Å². The molecule has 1 aliphatic rings. The number of nitriles is 1. The molecule has 0 unspecified atom stereocenters. The van der Waals surface area contributed by atoms with Crippen LogP contribution in [0, 0.1) is 25.2 Å². The van der Waals surface area contributed by atoms with Crippen molar-refractivity contribution in [2.24, 2.45) is 0 Å². The van der Waals surface area contributed by atoms with Crippen molar-refractivity contribution in [3.05, 3.63) is 55.1 Å². The van der Waals surface area contributed by atoms with E-state index < -0.39 is 11.2 Å². The summed E-state index contributed by atoms with van der Waals surface area (Å²) in [7, 11) is 0. The Morgan fingerprint density at radius 2 is 2.00 bits per heavy atom. The molecule has 1 aliphatic heterocycles. The van der Waals surface area contributed by atoms with Crippen molar-refractivity contribution in [2.45, 2.75) is 59.7 Å². The van der Waals surface area contributed by atoms with Crippen LogP contribution in [0.2, 0.25) is 0 Å². The van der Waals surface area contributed by atoms with Crippen LogP contribution in [-0.2, 0) is 19.5 Å². The number of aryl methyl sites for hydroxylation is 1. The molecule has 0 saturated carbocycles. The zero-order valence-electron chi connectivity index (χ0n) is 15.5. The summed E-state index contributed by atoms with van der Waals surface area (Å²) < 4.78 is 4.40. The van der Waals surface area contributed by atoms with Crippen LogP contribution in [0.15, 0.2) is 15.7 Å². The fraction of sp³-hybridized carbons (Fsp3) is 0.474. The first-order valence-electron chi connectivity index (χ1n) is 8.76. The summed E-state index contributed by atoms with van der Waals surface area (Å²) in [6, 6.07) is 3.90. The summed E-state index contributed by atoms with van der Waals surface area (Å²) in [6.07, 6.45) is 1.26. The molecular formula is C19H22N4O3. The maximum absolute atomic E-state index is 12.8. The van der Waals surface area contributed by atoms with Gasteiger partial charge in [-0.05, 0) is 46.6 Å². The lowest BCUT2D eigenvalue weighted by atomic mass is 10.1. The second kappa shape index (κ2) is 6.45. The van der Waals surface area contributed by atoms with E-state index in [1.165, 1.54) is 4.57 Å². The number of nitrogens with zero attached hydrogens (tertiary/aromatic N) is 4. The third-order valence-corrected chi connectivity index (χ3v) is 5.05. The summed E-state index contributed by atoms with van der Waals surface area (Å²) in [5.74, 6) is -0.299. The molecule has 7 nitrogen and oxygen atoms in total. The van der Waals surface area contributed by atoms with Crippen LogP contribution in [0.25, 0.3) is 0 Å². The Balaban J connectivity index is 2.08. The Hall–Kier alpha value is -2.88. The lowest BCUT2D eigenvalue weighted by Crippen LogP contribution is -2.43. The highest BCUT2D eigenvalue weighted by molar-refractivity contribution is 5.97. The monoisotopic (exact) mass is 354 g/mol. The summed E-state index contributed by atoms with van der Waals surface area (Å²) in [4.78, 5) is 38.0. The minimum absolute atomic E-state index is 0.0254. The fourth-order valence-electron chi connectivity index (χ4n) is 3.97. The normalized spacial score (nSPS) is 13.1. The van der Waals surface area contributed by atoms with E-state index in [0.717, 1.165) is 22.4 Å². The van der Waals surface area contributed by atoms with E-state index in [9.17, 15) is 19.6 Å². The minimum Gasteiger partial charge on any atom is -0.346 e. The van der Waals surface area contributed by atoms with Crippen molar-refractivity contribution in [3.8, 4) is 6.07 Å². The quantitative estimate of drug-likeness (QED) is 0.782. The van der Waals surface area contributed by atoms with Gasteiger partial charge in [0, 0.05) is 35.2 Å². The van der Waals surface area contributed by atoms with Crippen LogP contribution < -0.4 is 11.2 Å². The van der Waals surface area contributed by atoms with Gasteiger partial charge in [0.2, 0.25) is 0 Å². The lowest BCUT2D eigenvalue weighted by Gasteiger charge is -2.14. The van der Waals surface area contributed by atoms with Crippen LogP contribution in [0.3, 0.4) is 0 Å². The van der Waals surface area contributed by atoms with Crippen molar-refractivity contribution in [1.29, 1.82) is 5.26 Å². The van der Waals surface area contributed by atoms with Crippen LogP contribution in [0.4, 0.5) is 0 Å². The molecular weight excluding hydrogens is 332 g/mol. The van der Waals surface area contributed by atoms with Gasteiger partial charge in [-0.3, -0.25) is 18.7 Å². The molecule has 3 rings (SSSR count). The largest absolute Gasteiger partial charge is 0.346 e. The number of hydrogen-bond donors (Lipinski definition) is 0. The third-order valence-electron chi connectivity index (χ3n) is 5.05. The Bertz CT molecular complexity index is 1060. The van der Waals surface area contributed by atoms with E-state index in [1.54, 1.807) is 6.07 Å². The summed E-state index contributed by atoms with van der Waals surface area (Å²) in [5.41, 5.74) is 1.57. The number of carbonyl (C=O) groups excluding carboxylic acids is 1. The van der Waals surface area contributed by atoms with E-state index in [1.807, 2.05) is 38.3 Å². The van der Waals surface area contributed by atoms with E-state index >= 15 is 0 Å². The highest BCUT2D eigenvalue weighted by Crippen LogP contribution is 2.21. The fourth-order valence-corrected chi connectivity index (χ4v) is 3.97. The molecule has 0 N–H and O–H groups in total. The lowest BCUT2D eigenvalue weighted by molar-refractivity contribution is 0.0967. The van der Waals surface area contributed by atoms with Crippen LogP contribution in [0.5, 0.6) is 0 Å². The number of ketones is 1. The van der Waals surface area contributed by atoms with Gasteiger partial charge in [-0.2, -0.15) is 5.26 Å². The molecule has 0 radical (unpaired) electrons. The van der Waals surface area contributed by atoms with Gasteiger partial charge in [-0.25, -0.2) is 4.79 Å². The number of carbonyl (C=O) groups is 1. The molecule has 0 aliphatic carbocycles. The molecule has 0 atom stereocenters. The topological polar surface area (TPSA) is 89.8 Å². The van der Waals surface area contributed by atoms with E-state index in [4.69, 9.17) is 0 Å². The standard InChI is InChI=1S/C19H22N4O3/c1-11(2)23-12(3)8-14(13(23)4)17(24)10-22-18(25)15(9-20)16-6-5-7-21(16)19(22)26/h8,11H,5-7,10H2,1-4H3. The molecule has 0 fully saturated rings. The zero-order valence-corrected chi connectivity index (χ0v) is 15.5. The van der Waals surface area contributed by atoms with Gasteiger partial charge in [0.15, 0.2) is 5.78 Å². The maximum Gasteiger partial charge on any atom is 0.331 e. The Kier molecular flexibility index (Phi) is 4.45. The smallest absolute Gasteiger partial charge is 0.331 e. The van der Waals surface area contributed by atoms with Crippen LogP contribution >= 0.6 is 0 Å². The SMILES string of the molecule is Cc1cc(C(=O)Cn2c(=O)c(C#N)c3n(c2=O)CCC3)c(C)n1C(C)C. The first-order valence-corrected chi connectivity index (χ1v) is 8.76. The zero-order chi connectivity index (χ0) is 19.2. The van der Waals surface area contributed by atoms with Gasteiger partial charge in [0.25, 0.3) is 5.56 Å². The Morgan fingerprint density at radius 1 is 1.31 bits per heavy atom. The van der Waals surface area contributed by atoms with Crippen molar-refractivity contribution in [2.75, 3.05) is 0 Å². The molecule has 0 saturated heterocycles. The number of Topliss-reactive ketones (excluding diaryl/α,β-unsaturated/α-hetero) is 1. The average Bonchev–Trinajstić information content (AvgIpc) is 3.16. The highest BCUT2D eigenvalue weighted by Gasteiger charge is 2.25. The molecule has 0 amide bonds. The van der Waals surface area contributed by atoms with E-state index in [-0.39, 0.29) is 23.9 Å². The van der Waals surface area contributed by atoms with Gasteiger partial charge in [0.05, 0.1) is 6.54 Å². The van der Waals surface area contributed by atoms with Crippen molar-refractivity contribution >= 4 is 5.78 Å². The Labute approximate surface area is 151 Å². The van der Waals surface area contributed by atoms with Crippen molar-refractivity contribution in [3.63, 3.8) is 0 Å². The second-order valence-corrected chi connectivity index (χ2v) is 7.03. The molecule has 136 valence electrons. The van der Waals surface area contributed by atoms with Gasteiger partial charge in [-0.15, -0.1) is 0 Å². The van der Waals surface area contributed by atoms with Gasteiger partial charge in [0.1, 0.15) is 11.6 Å². The number of aromatic nitrogens is 3. The molecule has 2 aromatic heterocycles. The number of fused-ring (bicyclic) bond motifs is 1. The predicted molar refractivity (Wildman–Crippen MR) is 96.6 cm³/mol. The summed E-state index contributed by atoms with van der Waals surface area (Å²) in [6.45, 7) is 7.97. The molecule has 0 spiro atoms. The highest BCUT2D eigenvalue weighted by atomic mass is 16.2. The summed E-state index contributed by atoms with van der Waals surface area (Å²) in [5, 5.41) is 9.33. The first-order chi connectivity index (χ1) is 12.3. The van der Waals surface area contributed by atoms with Crippen LogP contribution in [0.1, 0.15) is 59.3 Å².